The van der Waals surface area contributed by atoms with Crippen molar-refractivity contribution in [2.75, 3.05) is 5.32 Å². The summed E-state index contributed by atoms with van der Waals surface area (Å²) in [6, 6.07) is 15.9. The Balaban J connectivity index is 1.52. The van der Waals surface area contributed by atoms with Crippen molar-refractivity contribution in [3.8, 4) is 11.5 Å². The highest BCUT2D eigenvalue weighted by Gasteiger charge is 2.18. The lowest BCUT2D eigenvalue weighted by atomic mass is 10.1. The van der Waals surface area contributed by atoms with Crippen molar-refractivity contribution in [2.24, 2.45) is 0 Å². The number of fused-ring (bicyclic) bond motifs is 1. The van der Waals surface area contributed by atoms with Crippen molar-refractivity contribution in [3.63, 3.8) is 0 Å². The van der Waals surface area contributed by atoms with Gasteiger partial charge in [-0.1, -0.05) is 42.0 Å². The minimum absolute atomic E-state index is 0.122. The van der Waals surface area contributed by atoms with Crippen molar-refractivity contribution < 1.29 is 4.79 Å². The molecule has 0 aliphatic rings. The summed E-state index contributed by atoms with van der Waals surface area (Å²) in [7, 11) is 0. The highest BCUT2D eigenvalue weighted by atomic mass is 16.1. The van der Waals surface area contributed by atoms with Crippen LogP contribution >= 0.6 is 0 Å². The van der Waals surface area contributed by atoms with Crippen LogP contribution in [0.1, 0.15) is 27.9 Å². The number of aromatic nitrogens is 6. The molecule has 34 heavy (non-hydrogen) atoms. The molecule has 0 saturated carbocycles. The molecule has 0 spiro atoms. The number of nitrogens with zero attached hydrogens (tertiary/aromatic N) is 6. The van der Waals surface area contributed by atoms with Crippen LogP contribution in [0.3, 0.4) is 0 Å². The van der Waals surface area contributed by atoms with Gasteiger partial charge >= 0.3 is 0 Å². The van der Waals surface area contributed by atoms with Crippen molar-refractivity contribution >= 4 is 22.8 Å². The molecule has 0 radical (unpaired) electrons. The second-order valence-electron chi connectivity index (χ2n) is 8.51. The SMILES string of the molecule is Cc1cccc(CC(=O)Nc2cc(C)nn2-c2ncnc3c2cnn3-c2cccc(C)c2C)c1. The largest absolute Gasteiger partial charge is 0.310 e. The molecule has 8 nitrogen and oxygen atoms in total. The van der Waals surface area contributed by atoms with Gasteiger partial charge in [0.1, 0.15) is 12.1 Å². The number of rotatable bonds is 5. The second kappa shape index (κ2) is 8.55. The lowest BCUT2D eigenvalue weighted by molar-refractivity contribution is -0.115. The zero-order valence-corrected chi connectivity index (χ0v) is 19.6. The summed E-state index contributed by atoms with van der Waals surface area (Å²) in [5.74, 6) is 0.985. The summed E-state index contributed by atoms with van der Waals surface area (Å²) in [6.45, 7) is 8.03. The van der Waals surface area contributed by atoms with E-state index in [1.54, 1.807) is 10.9 Å². The maximum atomic E-state index is 12.8. The van der Waals surface area contributed by atoms with E-state index in [2.05, 4.69) is 45.4 Å². The van der Waals surface area contributed by atoms with E-state index in [0.717, 1.165) is 33.5 Å². The molecule has 0 bridgehead atoms. The molecule has 5 rings (SSSR count). The molecule has 0 unspecified atom stereocenters. The monoisotopic (exact) mass is 451 g/mol. The van der Waals surface area contributed by atoms with Crippen LogP contribution < -0.4 is 5.32 Å². The van der Waals surface area contributed by atoms with E-state index in [-0.39, 0.29) is 12.3 Å². The third-order valence-electron chi connectivity index (χ3n) is 5.90. The van der Waals surface area contributed by atoms with Gasteiger partial charge in [0.05, 0.1) is 29.4 Å². The molecule has 0 saturated heterocycles. The number of hydrogen-bond acceptors (Lipinski definition) is 5. The van der Waals surface area contributed by atoms with Crippen molar-refractivity contribution in [3.05, 3.63) is 89.0 Å². The number of aryl methyl sites for hydroxylation is 3. The van der Waals surface area contributed by atoms with Crippen LogP contribution in [-0.2, 0) is 11.2 Å². The fourth-order valence-corrected chi connectivity index (χ4v) is 4.09. The van der Waals surface area contributed by atoms with Gasteiger partial charge in [0.25, 0.3) is 0 Å². The van der Waals surface area contributed by atoms with Gasteiger partial charge in [0.2, 0.25) is 5.91 Å². The molecule has 0 fully saturated rings. The normalized spacial score (nSPS) is 11.2. The van der Waals surface area contributed by atoms with Crippen molar-refractivity contribution in [1.29, 1.82) is 0 Å². The first-order chi connectivity index (χ1) is 16.4. The van der Waals surface area contributed by atoms with Gasteiger partial charge in [-0.3, -0.25) is 4.79 Å². The summed E-state index contributed by atoms with van der Waals surface area (Å²) in [5, 5.41) is 12.9. The third-order valence-corrected chi connectivity index (χ3v) is 5.90. The summed E-state index contributed by atoms with van der Waals surface area (Å²) >= 11 is 0. The van der Waals surface area contributed by atoms with Gasteiger partial charge in [-0.25, -0.2) is 14.6 Å². The Labute approximate surface area is 197 Å². The molecule has 3 heterocycles. The summed E-state index contributed by atoms with van der Waals surface area (Å²) in [6.07, 6.45) is 3.51. The minimum Gasteiger partial charge on any atom is -0.310 e. The molecule has 8 heteroatoms. The van der Waals surface area contributed by atoms with E-state index in [4.69, 9.17) is 0 Å². The first kappa shape index (κ1) is 21.5. The van der Waals surface area contributed by atoms with Crippen LogP contribution in [0.4, 0.5) is 5.82 Å². The molecule has 3 aromatic heterocycles. The smallest absolute Gasteiger partial charge is 0.229 e. The standard InChI is InChI=1S/C26H25N7O/c1-16-7-5-9-20(11-16)13-24(34)30-23-12-18(3)31-33(23)26-21-14-29-32(25(21)27-15-28-26)22-10-6-8-17(2)19(22)4/h5-12,14-15H,13H2,1-4H3,(H,30,34). The van der Waals surface area contributed by atoms with E-state index >= 15 is 0 Å². The highest BCUT2D eigenvalue weighted by molar-refractivity contribution is 5.92. The second-order valence-corrected chi connectivity index (χ2v) is 8.51. The topological polar surface area (TPSA) is 90.5 Å². The Morgan fingerprint density at radius 2 is 1.79 bits per heavy atom. The van der Waals surface area contributed by atoms with Gasteiger partial charge in [-0.05, 0) is 50.5 Å². The summed E-state index contributed by atoms with van der Waals surface area (Å²) in [4.78, 5) is 21.8. The van der Waals surface area contributed by atoms with Crippen LogP contribution in [0.25, 0.3) is 22.5 Å². The average molecular weight is 452 g/mol. The van der Waals surface area contributed by atoms with Gasteiger partial charge in [0, 0.05) is 6.07 Å². The fourth-order valence-electron chi connectivity index (χ4n) is 4.09. The van der Waals surface area contributed by atoms with Crippen LogP contribution in [-0.4, -0.2) is 35.4 Å². The van der Waals surface area contributed by atoms with Crippen LogP contribution in [0.5, 0.6) is 0 Å². The predicted octanol–water partition coefficient (Wildman–Crippen LogP) is 4.42. The molecule has 0 aliphatic carbocycles. The minimum atomic E-state index is -0.122. The fraction of sp³-hybridized carbons (Fsp3) is 0.192. The maximum absolute atomic E-state index is 12.8. The first-order valence-corrected chi connectivity index (χ1v) is 11.1. The number of carbonyl (C=O) groups excluding carboxylic acids is 1. The number of anilines is 1. The lowest BCUT2D eigenvalue weighted by Crippen LogP contribution is -2.17. The Morgan fingerprint density at radius 1 is 0.971 bits per heavy atom. The zero-order chi connectivity index (χ0) is 23.8. The van der Waals surface area contributed by atoms with Crippen LogP contribution in [0.15, 0.2) is 61.1 Å². The van der Waals surface area contributed by atoms with Gasteiger partial charge in [-0.15, -0.1) is 0 Å². The Morgan fingerprint density at radius 3 is 2.62 bits per heavy atom. The third kappa shape index (κ3) is 3.94. The Kier molecular flexibility index (Phi) is 5.41. The van der Waals surface area contributed by atoms with Crippen LogP contribution in [0, 0.1) is 27.7 Å². The molecule has 170 valence electrons. The van der Waals surface area contributed by atoms with Gasteiger partial charge in [-0.2, -0.15) is 14.9 Å². The van der Waals surface area contributed by atoms with Gasteiger partial charge < -0.3 is 5.32 Å². The highest BCUT2D eigenvalue weighted by Crippen LogP contribution is 2.26. The molecule has 2 aromatic carbocycles. The maximum Gasteiger partial charge on any atom is 0.229 e. The first-order valence-electron chi connectivity index (χ1n) is 11.1. The number of amides is 1. The Bertz CT molecular complexity index is 1530. The number of nitrogens with one attached hydrogen (secondary N) is 1. The molecule has 1 N–H and O–H groups in total. The average Bonchev–Trinajstić information content (AvgIpc) is 3.39. The number of hydrogen-bond donors (Lipinski definition) is 1. The molecule has 0 aliphatic heterocycles. The van der Waals surface area contributed by atoms with E-state index < -0.39 is 0 Å². The molecule has 1 amide bonds. The van der Waals surface area contributed by atoms with E-state index in [1.165, 1.54) is 11.9 Å². The van der Waals surface area contributed by atoms with Crippen LogP contribution in [0.2, 0.25) is 0 Å². The predicted molar refractivity (Wildman–Crippen MR) is 132 cm³/mol. The molecule has 0 atom stereocenters. The lowest BCUT2D eigenvalue weighted by Gasteiger charge is -2.11. The quantitative estimate of drug-likeness (QED) is 0.427. The van der Waals surface area contributed by atoms with Gasteiger partial charge in [0.15, 0.2) is 11.5 Å². The van der Waals surface area contributed by atoms with E-state index in [1.807, 2.05) is 61.0 Å². The number of benzene rings is 2. The molecular formula is C26H25N7O. The van der Waals surface area contributed by atoms with E-state index in [9.17, 15) is 4.79 Å². The Hall–Kier alpha value is -4.33. The number of carbonyl (C=O) groups is 1. The van der Waals surface area contributed by atoms with Crippen molar-refractivity contribution in [2.45, 2.75) is 34.1 Å². The van der Waals surface area contributed by atoms with E-state index in [0.29, 0.717) is 17.3 Å². The van der Waals surface area contributed by atoms with Crippen molar-refractivity contribution in [1.82, 2.24) is 29.5 Å². The molecular weight excluding hydrogens is 426 g/mol. The zero-order valence-electron chi connectivity index (χ0n) is 19.6. The molecule has 5 aromatic rings. The summed E-state index contributed by atoms with van der Waals surface area (Å²) < 4.78 is 3.46. The summed E-state index contributed by atoms with van der Waals surface area (Å²) in [5.41, 5.74) is 6.78.